The minimum absolute atomic E-state index is 0.0385. The summed E-state index contributed by atoms with van der Waals surface area (Å²) in [5.41, 5.74) is 3.73. The third kappa shape index (κ3) is 3.25. The molecule has 0 bridgehead atoms. The van der Waals surface area contributed by atoms with Crippen LogP contribution in [0.5, 0.6) is 0 Å². The van der Waals surface area contributed by atoms with Gasteiger partial charge < -0.3 is 20.1 Å². The van der Waals surface area contributed by atoms with E-state index in [1.165, 1.54) is 16.7 Å². The molecule has 2 unspecified atom stereocenters. The molecule has 2 atom stereocenters. The van der Waals surface area contributed by atoms with Crippen LogP contribution in [0.4, 0.5) is 4.79 Å². The Balaban J connectivity index is 1.60. The number of hydrogen-bond acceptors (Lipinski definition) is 3. The number of amides is 2. The predicted octanol–water partition coefficient (Wildman–Crippen LogP) is 1.67. The Labute approximate surface area is 131 Å². The molecule has 0 radical (unpaired) electrons. The maximum atomic E-state index is 12.3. The van der Waals surface area contributed by atoms with Crippen LogP contribution in [0.25, 0.3) is 0 Å². The number of fused-ring (bicyclic) bond motifs is 1. The second-order valence-corrected chi connectivity index (χ2v) is 6.30. The fraction of sp³-hybridized carbons (Fsp3) is 0.588. The van der Waals surface area contributed by atoms with E-state index in [1.54, 1.807) is 4.90 Å². The summed E-state index contributed by atoms with van der Waals surface area (Å²) in [6, 6.07) is 6.15. The molecular formula is C17H24N2O3. The number of ether oxygens (including phenoxy) is 1. The minimum Gasteiger partial charge on any atom is -0.393 e. The van der Waals surface area contributed by atoms with Crippen molar-refractivity contribution in [2.45, 2.75) is 39.0 Å². The molecule has 2 N–H and O–H groups in total. The maximum absolute atomic E-state index is 12.3. The van der Waals surface area contributed by atoms with Gasteiger partial charge in [-0.2, -0.15) is 0 Å². The Morgan fingerprint density at radius 3 is 3.18 bits per heavy atom. The highest BCUT2D eigenvalue weighted by Gasteiger charge is 2.27. The van der Waals surface area contributed by atoms with Crippen molar-refractivity contribution in [1.82, 2.24) is 10.2 Å². The van der Waals surface area contributed by atoms with Crippen LogP contribution in [-0.4, -0.2) is 41.8 Å². The van der Waals surface area contributed by atoms with Gasteiger partial charge in [0.2, 0.25) is 0 Å². The Kier molecular flexibility index (Phi) is 4.64. The lowest BCUT2D eigenvalue weighted by molar-refractivity contribution is 0.0480. The van der Waals surface area contributed by atoms with Crippen molar-refractivity contribution in [2.75, 3.05) is 19.7 Å². The van der Waals surface area contributed by atoms with Gasteiger partial charge >= 0.3 is 6.03 Å². The van der Waals surface area contributed by atoms with E-state index in [-0.39, 0.29) is 18.1 Å². The van der Waals surface area contributed by atoms with Crippen LogP contribution in [0, 0.1) is 5.92 Å². The van der Waals surface area contributed by atoms with Gasteiger partial charge in [0.15, 0.2) is 0 Å². The highest BCUT2D eigenvalue weighted by atomic mass is 16.5. The van der Waals surface area contributed by atoms with Crippen LogP contribution < -0.4 is 5.32 Å². The van der Waals surface area contributed by atoms with Crippen LogP contribution in [0.1, 0.15) is 30.0 Å². The van der Waals surface area contributed by atoms with E-state index >= 15 is 0 Å². The molecule has 3 rings (SSSR count). The van der Waals surface area contributed by atoms with E-state index < -0.39 is 0 Å². The summed E-state index contributed by atoms with van der Waals surface area (Å²) in [5, 5.41) is 12.8. The smallest absolute Gasteiger partial charge is 0.317 e. The Morgan fingerprint density at radius 1 is 1.50 bits per heavy atom. The normalized spacial score (nSPS) is 24.7. The average molecular weight is 304 g/mol. The number of piperidine rings is 1. The zero-order valence-electron chi connectivity index (χ0n) is 13.0. The molecule has 1 aromatic carbocycles. The monoisotopic (exact) mass is 304 g/mol. The van der Waals surface area contributed by atoms with Crippen molar-refractivity contribution in [3.05, 3.63) is 34.9 Å². The van der Waals surface area contributed by atoms with Gasteiger partial charge in [-0.15, -0.1) is 0 Å². The molecule has 5 heteroatoms. The van der Waals surface area contributed by atoms with Gasteiger partial charge in [0, 0.05) is 19.6 Å². The van der Waals surface area contributed by atoms with Gasteiger partial charge in [0.25, 0.3) is 0 Å². The van der Waals surface area contributed by atoms with E-state index in [9.17, 15) is 9.90 Å². The van der Waals surface area contributed by atoms with Crippen LogP contribution >= 0.6 is 0 Å². The van der Waals surface area contributed by atoms with E-state index in [1.807, 2.05) is 13.0 Å². The summed E-state index contributed by atoms with van der Waals surface area (Å²) in [4.78, 5) is 14.1. The first-order valence-electron chi connectivity index (χ1n) is 8.03. The Bertz CT molecular complexity index is 547. The van der Waals surface area contributed by atoms with Crippen molar-refractivity contribution < 1.29 is 14.6 Å². The number of benzene rings is 1. The number of rotatable bonds is 2. The molecule has 1 aromatic rings. The van der Waals surface area contributed by atoms with Crippen LogP contribution in [-0.2, 0) is 24.3 Å². The van der Waals surface area contributed by atoms with Gasteiger partial charge in [-0.3, -0.25) is 0 Å². The molecule has 2 aliphatic heterocycles. The Morgan fingerprint density at radius 2 is 2.36 bits per heavy atom. The molecule has 1 saturated heterocycles. The lowest BCUT2D eigenvalue weighted by Crippen LogP contribution is -2.48. The molecule has 2 amide bonds. The van der Waals surface area contributed by atoms with Crippen molar-refractivity contribution in [2.24, 2.45) is 5.92 Å². The van der Waals surface area contributed by atoms with Gasteiger partial charge in [-0.05, 0) is 35.4 Å². The molecule has 1 fully saturated rings. The number of nitrogens with one attached hydrogen (secondary N) is 1. The number of urea groups is 1. The summed E-state index contributed by atoms with van der Waals surface area (Å²) in [7, 11) is 0. The molecular weight excluding hydrogens is 280 g/mol. The van der Waals surface area contributed by atoms with Gasteiger partial charge in [0.05, 0.1) is 19.3 Å². The van der Waals surface area contributed by atoms with Gasteiger partial charge in [-0.25, -0.2) is 4.79 Å². The maximum Gasteiger partial charge on any atom is 0.317 e. The lowest BCUT2D eigenvalue weighted by atomic mass is 9.96. The molecule has 2 aliphatic rings. The van der Waals surface area contributed by atoms with Gasteiger partial charge in [0.1, 0.15) is 0 Å². The van der Waals surface area contributed by atoms with Crippen molar-refractivity contribution in [3.63, 3.8) is 0 Å². The molecule has 22 heavy (non-hydrogen) atoms. The third-order valence-electron chi connectivity index (χ3n) is 4.70. The van der Waals surface area contributed by atoms with Crippen LogP contribution in [0.2, 0.25) is 0 Å². The molecule has 120 valence electrons. The van der Waals surface area contributed by atoms with E-state index in [0.29, 0.717) is 32.7 Å². The summed E-state index contributed by atoms with van der Waals surface area (Å²) in [5.74, 6) is 0.140. The number of nitrogens with zero attached hydrogens (tertiary/aromatic N) is 1. The second-order valence-electron chi connectivity index (χ2n) is 6.30. The van der Waals surface area contributed by atoms with Crippen LogP contribution in [0.15, 0.2) is 18.2 Å². The molecule has 5 nitrogen and oxygen atoms in total. The minimum atomic E-state index is -0.287. The van der Waals surface area contributed by atoms with Gasteiger partial charge in [-0.1, -0.05) is 25.1 Å². The van der Waals surface area contributed by atoms with Crippen molar-refractivity contribution >= 4 is 6.03 Å². The first-order chi connectivity index (χ1) is 10.6. The molecule has 0 aromatic heterocycles. The van der Waals surface area contributed by atoms with E-state index in [2.05, 4.69) is 17.4 Å². The van der Waals surface area contributed by atoms with Crippen molar-refractivity contribution in [1.29, 1.82) is 0 Å². The third-order valence-corrected chi connectivity index (χ3v) is 4.70. The highest BCUT2D eigenvalue weighted by molar-refractivity contribution is 5.74. The zero-order valence-corrected chi connectivity index (χ0v) is 13.0. The quantitative estimate of drug-likeness (QED) is 0.874. The summed E-state index contributed by atoms with van der Waals surface area (Å²) >= 11 is 0. The fourth-order valence-corrected chi connectivity index (χ4v) is 3.27. The standard InChI is InChI=1S/C17H24N2O3/c1-12-10-19(7-5-16(12)20)17(21)18-9-13-3-2-4-14-11-22-8-6-15(13)14/h2-4,12,16,20H,5-11H2,1H3,(H,18,21). The van der Waals surface area contributed by atoms with Crippen molar-refractivity contribution in [3.8, 4) is 0 Å². The summed E-state index contributed by atoms with van der Waals surface area (Å²) in [6.45, 7) is 5.19. The largest absolute Gasteiger partial charge is 0.393 e. The number of aliphatic hydroxyl groups excluding tert-OH is 1. The first kappa shape index (κ1) is 15.3. The summed E-state index contributed by atoms with van der Waals surface area (Å²) in [6.07, 6.45) is 1.28. The number of carbonyl (C=O) groups excluding carboxylic acids is 1. The molecule has 0 spiro atoms. The topological polar surface area (TPSA) is 61.8 Å². The van der Waals surface area contributed by atoms with Crippen LogP contribution in [0.3, 0.4) is 0 Å². The zero-order chi connectivity index (χ0) is 15.5. The average Bonchev–Trinajstić information content (AvgIpc) is 2.55. The lowest BCUT2D eigenvalue weighted by Gasteiger charge is -2.34. The predicted molar refractivity (Wildman–Crippen MR) is 83.4 cm³/mol. The Hall–Kier alpha value is -1.59. The fourth-order valence-electron chi connectivity index (χ4n) is 3.27. The first-order valence-corrected chi connectivity index (χ1v) is 8.03. The summed E-state index contributed by atoms with van der Waals surface area (Å²) < 4.78 is 5.47. The highest BCUT2D eigenvalue weighted by Crippen LogP contribution is 2.21. The second kappa shape index (κ2) is 6.67. The van der Waals surface area contributed by atoms with E-state index in [4.69, 9.17) is 4.74 Å². The number of aliphatic hydroxyl groups is 1. The number of carbonyl (C=O) groups is 1. The number of hydrogen-bond donors (Lipinski definition) is 2. The molecule has 0 saturated carbocycles. The van der Waals surface area contributed by atoms with E-state index in [0.717, 1.165) is 13.0 Å². The molecule has 0 aliphatic carbocycles. The SMILES string of the molecule is CC1CN(C(=O)NCc2cccc3c2CCOC3)CCC1O. The number of likely N-dealkylation sites (tertiary alicyclic amines) is 1. The molecule has 2 heterocycles.